The minimum atomic E-state index is -0.324. The van der Waals surface area contributed by atoms with E-state index < -0.39 is 0 Å². The molecule has 0 fully saturated rings. The minimum Gasteiger partial charge on any atom is -0.468 e. The number of hydrogen-bond acceptors (Lipinski definition) is 3. The van der Waals surface area contributed by atoms with Gasteiger partial charge in [0.25, 0.3) is 5.95 Å². The van der Waals surface area contributed by atoms with Crippen molar-refractivity contribution in [2.45, 2.75) is 20.8 Å². The van der Waals surface area contributed by atoms with Gasteiger partial charge < -0.3 is 9.15 Å². The zero-order chi connectivity index (χ0) is 9.30. The smallest absolute Gasteiger partial charge is 0.341 e. The lowest BCUT2D eigenvalue weighted by atomic mass is 10.1. The first-order valence-electron chi connectivity index (χ1n) is 3.72. The Balaban J connectivity index is 3.50. The molecule has 3 heteroatoms. The van der Waals surface area contributed by atoms with Crippen LogP contribution in [-0.2, 0) is 0 Å². The van der Waals surface area contributed by atoms with Crippen LogP contribution in [0.1, 0.15) is 16.7 Å². The predicted molar refractivity (Wildman–Crippen MR) is 45.7 cm³/mol. The summed E-state index contributed by atoms with van der Waals surface area (Å²) in [5, 5.41) is 0. The third-order valence-corrected chi connectivity index (χ3v) is 2.11. The van der Waals surface area contributed by atoms with Crippen LogP contribution < -0.4 is 10.4 Å². The highest BCUT2D eigenvalue weighted by Crippen LogP contribution is 2.19. The second-order valence-corrected chi connectivity index (χ2v) is 2.76. The fourth-order valence-electron chi connectivity index (χ4n) is 1.02. The fourth-order valence-corrected chi connectivity index (χ4v) is 1.02. The molecule has 1 aromatic heterocycles. The van der Waals surface area contributed by atoms with Crippen molar-refractivity contribution in [1.29, 1.82) is 0 Å². The predicted octanol–water partition coefficient (Wildman–Crippen LogP) is 1.57. The summed E-state index contributed by atoms with van der Waals surface area (Å²) >= 11 is 0. The van der Waals surface area contributed by atoms with Crippen LogP contribution in [0, 0.1) is 20.8 Å². The molecule has 0 saturated carbocycles. The van der Waals surface area contributed by atoms with E-state index in [9.17, 15) is 4.79 Å². The number of rotatable bonds is 1. The molecular weight excluding hydrogens is 156 g/mol. The second kappa shape index (κ2) is 3.01. The lowest BCUT2D eigenvalue weighted by Crippen LogP contribution is -2.08. The molecule has 0 radical (unpaired) electrons. The van der Waals surface area contributed by atoms with E-state index in [1.54, 1.807) is 6.92 Å². The molecule has 12 heavy (non-hydrogen) atoms. The molecule has 0 saturated heterocycles. The summed E-state index contributed by atoms with van der Waals surface area (Å²) in [6.07, 6.45) is 0. The van der Waals surface area contributed by atoms with Crippen LogP contribution in [0.3, 0.4) is 0 Å². The standard InChI is InChI=1S/C9H12O3/c1-5-6(2)8(10)12-9(11-4)7(5)3/h1-4H3. The van der Waals surface area contributed by atoms with Crippen LogP contribution in [0.25, 0.3) is 0 Å². The van der Waals surface area contributed by atoms with E-state index in [0.717, 1.165) is 11.1 Å². The van der Waals surface area contributed by atoms with Gasteiger partial charge in [-0.2, -0.15) is 0 Å². The van der Waals surface area contributed by atoms with E-state index in [1.807, 2.05) is 13.8 Å². The zero-order valence-corrected chi connectivity index (χ0v) is 7.72. The zero-order valence-electron chi connectivity index (χ0n) is 7.72. The van der Waals surface area contributed by atoms with Gasteiger partial charge in [-0.15, -0.1) is 0 Å². The molecule has 3 nitrogen and oxygen atoms in total. The first kappa shape index (κ1) is 8.84. The van der Waals surface area contributed by atoms with E-state index in [4.69, 9.17) is 9.15 Å². The van der Waals surface area contributed by atoms with Crippen molar-refractivity contribution in [3.63, 3.8) is 0 Å². The SMILES string of the molecule is COc1oc(=O)c(C)c(C)c1C. The van der Waals surface area contributed by atoms with Crippen LogP contribution in [0.2, 0.25) is 0 Å². The Morgan fingerprint density at radius 1 is 1.08 bits per heavy atom. The minimum absolute atomic E-state index is 0.308. The quantitative estimate of drug-likeness (QED) is 0.639. The molecule has 0 spiro atoms. The van der Waals surface area contributed by atoms with Gasteiger partial charge in [0.1, 0.15) is 0 Å². The lowest BCUT2D eigenvalue weighted by Gasteiger charge is -2.06. The van der Waals surface area contributed by atoms with Crippen molar-refractivity contribution >= 4 is 0 Å². The highest BCUT2D eigenvalue weighted by atomic mass is 16.6. The summed E-state index contributed by atoms with van der Waals surface area (Å²) in [5.74, 6) is 0.308. The van der Waals surface area contributed by atoms with Crippen molar-refractivity contribution in [3.05, 3.63) is 27.1 Å². The Morgan fingerprint density at radius 2 is 1.67 bits per heavy atom. The maximum Gasteiger partial charge on any atom is 0.341 e. The van der Waals surface area contributed by atoms with Gasteiger partial charge in [0.05, 0.1) is 7.11 Å². The van der Waals surface area contributed by atoms with Gasteiger partial charge in [0.15, 0.2) is 0 Å². The number of ether oxygens (including phenoxy) is 1. The van der Waals surface area contributed by atoms with Crippen LogP contribution in [0.4, 0.5) is 0 Å². The van der Waals surface area contributed by atoms with Gasteiger partial charge in [-0.05, 0) is 26.3 Å². The Labute approximate surface area is 71.0 Å². The van der Waals surface area contributed by atoms with Crippen molar-refractivity contribution in [3.8, 4) is 5.95 Å². The third kappa shape index (κ3) is 1.22. The molecule has 0 aliphatic carbocycles. The van der Waals surface area contributed by atoms with Crippen LogP contribution in [-0.4, -0.2) is 7.11 Å². The Kier molecular flexibility index (Phi) is 2.22. The molecule has 0 aliphatic rings. The van der Waals surface area contributed by atoms with Gasteiger partial charge in [0, 0.05) is 11.1 Å². The maximum absolute atomic E-state index is 11.1. The van der Waals surface area contributed by atoms with E-state index in [1.165, 1.54) is 7.11 Å². The molecule has 66 valence electrons. The van der Waals surface area contributed by atoms with Gasteiger partial charge >= 0.3 is 5.63 Å². The van der Waals surface area contributed by atoms with Crippen molar-refractivity contribution < 1.29 is 9.15 Å². The first-order chi connectivity index (χ1) is 5.57. The van der Waals surface area contributed by atoms with E-state index in [0.29, 0.717) is 11.5 Å². The van der Waals surface area contributed by atoms with E-state index in [2.05, 4.69) is 0 Å². The van der Waals surface area contributed by atoms with Gasteiger partial charge in [-0.3, -0.25) is 0 Å². The second-order valence-electron chi connectivity index (χ2n) is 2.76. The largest absolute Gasteiger partial charge is 0.468 e. The summed E-state index contributed by atoms with van der Waals surface area (Å²) < 4.78 is 9.79. The Morgan fingerprint density at radius 3 is 2.17 bits per heavy atom. The normalized spacial score (nSPS) is 10.0. The first-order valence-corrected chi connectivity index (χ1v) is 3.72. The van der Waals surface area contributed by atoms with Gasteiger partial charge in [0.2, 0.25) is 0 Å². The van der Waals surface area contributed by atoms with E-state index >= 15 is 0 Å². The van der Waals surface area contributed by atoms with Crippen LogP contribution in [0.15, 0.2) is 9.21 Å². The molecule has 1 aromatic rings. The molecule has 0 aliphatic heterocycles. The van der Waals surface area contributed by atoms with E-state index in [-0.39, 0.29) is 5.63 Å². The topological polar surface area (TPSA) is 39.4 Å². The molecule has 1 rings (SSSR count). The number of hydrogen-bond donors (Lipinski definition) is 0. The molecule has 0 N–H and O–H groups in total. The van der Waals surface area contributed by atoms with Crippen molar-refractivity contribution in [2.75, 3.05) is 7.11 Å². The average Bonchev–Trinajstić information content (AvgIpc) is 2.08. The Bertz CT molecular complexity index is 350. The number of methoxy groups -OCH3 is 1. The highest BCUT2D eigenvalue weighted by Gasteiger charge is 2.09. The molecule has 0 amide bonds. The fraction of sp³-hybridized carbons (Fsp3) is 0.444. The molecule has 0 aromatic carbocycles. The third-order valence-electron chi connectivity index (χ3n) is 2.11. The average molecular weight is 168 g/mol. The molecule has 1 heterocycles. The summed E-state index contributed by atoms with van der Waals surface area (Å²) in [5.41, 5.74) is 2.14. The van der Waals surface area contributed by atoms with Crippen molar-refractivity contribution in [1.82, 2.24) is 0 Å². The summed E-state index contributed by atoms with van der Waals surface area (Å²) in [6.45, 7) is 5.49. The summed E-state index contributed by atoms with van der Waals surface area (Å²) in [4.78, 5) is 11.1. The van der Waals surface area contributed by atoms with Crippen molar-refractivity contribution in [2.24, 2.45) is 0 Å². The van der Waals surface area contributed by atoms with Crippen LogP contribution in [0.5, 0.6) is 5.95 Å². The van der Waals surface area contributed by atoms with Gasteiger partial charge in [-0.25, -0.2) is 4.79 Å². The molecule has 0 atom stereocenters. The molecule has 0 unspecified atom stereocenters. The van der Waals surface area contributed by atoms with Gasteiger partial charge in [-0.1, -0.05) is 0 Å². The highest BCUT2D eigenvalue weighted by molar-refractivity contribution is 5.34. The Hall–Kier alpha value is -1.25. The lowest BCUT2D eigenvalue weighted by molar-refractivity contribution is 0.281. The summed E-state index contributed by atoms with van der Waals surface area (Å²) in [7, 11) is 1.49. The monoisotopic (exact) mass is 168 g/mol. The summed E-state index contributed by atoms with van der Waals surface area (Å²) in [6, 6.07) is 0. The molecule has 0 bridgehead atoms. The molecular formula is C9H12O3. The van der Waals surface area contributed by atoms with Crippen LogP contribution >= 0.6 is 0 Å². The maximum atomic E-state index is 11.1.